The van der Waals surface area contributed by atoms with Crippen LogP contribution >= 0.6 is 0 Å². The van der Waals surface area contributed by atoms with E-state index >= 15 is 0 Å². The molecule has 5 nitrogen and oxygen atoms in total. The molecule has 1 aromatic rings. The van der Waals surface area contributed by atoms with Crippen molar-refractivity contribution in [2.75, 3.05) is 39.8 Å². The fourth-order valence-corrected chi connectivity index (χ4v) is 2.71. The van der Waals surface area contributed by atoms with Crippen molar-refractivity contribution in [1.29, 1.82) is 0 Å². The lowest BCUT2D eigenvalue weighted by Crippen LogP contribution is -2.43. The summed E-state index contributed by atoms with van der Waals surface area (Å²) in [5.74, 6) is 0.886. The van der Waals surface area contributed by atoms with Gasteiger partial charge in [0.2, 0.25) is 0 Å². The van der Waals surface area contributed by atoms with Gasteiger partial charge in [-0.25, -0.2) is 0 Å². The molecule has 1 saturated heterocycles. The molecule has 1 aliphatic rings. The van der Waals surface area contributed by atoms with Crippen LogP contribution in [-0.2, 0) is 6.42 Å². The molecule has 0 radical (unpaired) electrons. The molecule has 0 aromatic carbocycles. The Labute approximate surface area is 134 Å². The van der Waals surface area contributed by atoms with Gasteiger partial charge in [-0.3, -0.25) is 9.98 Å². The number of hydrogen-bond acceptors (Lipinski definition) is 3. The third-order valence-electron chi connectivity index (χ3n) is 4.07. The van der Waals surface area contributed by atoms with Gasteiger partial charge in [-0.05, 0) is 50.9 Å². The van der Waals surface area contributed by atoms with E-state index in [4.69, 9.17) is 0 Å². The number of piperidine rings is 1. The lowest BCUT2D eigenvalue weighted by molar-refractivity contribution is 0.232. The van der Waals surface area contributed by atoms with Crippen LogP contribution in [0.1, 0.15) is 30.5 Å². The zero-order chi connectivity index (χ0) is 15.6. The molecule has 0 unspecified atom stereocenters. The van der Waals surface area contributed by atoms with E-state index < -0.39 is 0 Å². The number of aromatic nitrogens is 1. The monoisotopic (exact) mass is 303 g/mol. The van der Waals surface area contributed by atoms with Crippen LogP contribution < -0.4 is 10.6 Å². The summed E-state index contributed by atoms with van der Waals surface area (Å²) in [5.41, 5.74) is 2.31. The second-order valence-electron chi connectivity index (χ2n) is 5.89. The highest BCUT2D eigenvalue weighted by molar-refractivity contribution is 5.79. The third-order valence-corrected chi connectivity index (χ3v) is 4.07. The van der Waals surface area contributed by atoms with Crippen molar-refractivity contribution in [3.8, 4) is 0 Å². The summed E-state index contributed by atoms with van der Waals surface area (Å²) in [5, 5.41) is 6.76. The zero-order valence-electron chi connectivity index (χ0n) is 13.9. The van der Waals surface area contributed by atoms with E-state index in [1.54, 1.807) is 0 Å². The maximum absolute atomic E-state index is 4.32. The van der Waals surface area contributed by atoms with Gasteiger partial charge >= 0.3 is 0 Å². The molecule has 0 bridgehead atoms. The standard InChI is InChI=1S/C17H29N5/c1-15-6-7-16(14-21-15)8-9-19-17(18-2)20-10-13-22-11-4-3-5-12-22/h6-7,14H,3-5,8-13H2,1-2H3,(H2,18,19,20). The van der Waals surface area contributed by atoms with Crippen LogP contribution in [0.3, 0.4) is 0 Å². The van der Waals surface area contributed by atoms with E-state index in [0.717, 1.165) is 37.7 Å². The van der Waals surface area contributed by atoms with Crippen LogP contribution in [-0.4, -0.2) is 55.6 Å². The average molecular weight is 303 g/mol. The Morgan fingerprint density at radius 3 is 2.64 bits per heavy atom. The Balaban J connectivity index is 1.61. The van der Waals surface area contributed by atoms with E-state index in [2.05, 4.69) is 37.6 Å². The molecule has 1 aromatic heterocycles. The highest BCUT2D eigenvalue weighted by Gasteiger charge is 2.09. The Hall–Kier alpha value is -1.62. The molecule has 0 saturated carbocycles. The summed E-state index contributed by atoms with van der Waals surface area (Å²) < 4.78 is 0. The molecular formula is C17H29N5. The van der Waals surface area contributed by atoms with Crippen molar-refractivity contribution in [2.45, 2.75) is 32.6 Å². The normalized spacial score (nSPS) is 16.5. The first-order valence-corrected chi connectivity index (χ1v) is 8.36. The van der Waals surface area contributed by atoms with E-state index in [0.29, 0.717) is 0 Å². The second-order valence-corrected chi connectivity index (χ2v) is 5.89. The molecule has 1 fully saturated rings. The predicted molar refractivity (Wildman–Crippen MR) is 92.3 cm³/mol. The van der Waals surface area contributed by atoms with Crippen LogP contribution in [0.2, 0.25) is 0 Å². The molecule has 0 amide bonds. The Bertz CT molecular complexity index is 449. The number of aryl methyl sites for hydroxylation is 1. The smallest absolute Gasteiger partial charge is 0.191 e. The molecule has 0 spiro atoms. The Morgan fingerprint density at radius 1 is 1.18 bits per heavy atom. The lowest BCUT2D eigenvalue weighted by atomic mass is 10.1. The van der Waals surface area contributed by atoms with Crippen molar-refractivity contribution in [1.82, 2.24) is 20.5 Å². The van der Waals surface area contributed by atoms with Crippen LogP contribution in [0.25, 0.3) is 0 Å². The fourth-order valence-electron chi connectivity index (χ4n) is 2.71. The third kappa shape index (κ3) is 6.02. The molecule has 0 aliphatic carbocycles. The summed E-state index contributed by atoms with van der Waals surface area (Å²) in [6.07, 6.45) is 6.99. The summed E-state index contributed by atoms with van der Waals surface area (Å²) in [6, 6.07) is 4.19. The molecule has 22 heavy (non-hydrogen) atoms. The highest BCUT2D eigenvalue weighted by Crippen LogP contribution is 2.07. The maximum Gasteiger partial charge on any atom is 0.191 e. The summed E-state index contributed by atoms with van der Waals surface area (Å²) >= 11 is 0. The van der Waals surface area contributed by atoms with Crippen LogP contribution in [0.4, 0.5) is 0 Å². The van der Waals surface area contributed by atoms with Crippen LogP contribution in [0.5, 0.6) is 0 Å². The maximum atomic E-state index is 4.32. The second kappa shape index (κ2) is 9.41. The highest BCUT2D eigenvalue weighted by atomic mass is 15.2. The molecule has 122 valence electrons. The van der Waals surface area contributed by atoms with Crippen molar-refractivity contribution in [2.24, 2.45) is 4.99 Å². The van der Waals surface area contributed by atoms with Crippen molar-refractivity contribution < 1.29 is 0 Å². The molecule has 2 heterocycles. The van der Waals surface area contributed by atoms with Gasteiger partial charge in [0.25, 0.3) is 0 Å². The first-order valence-electron chi connectivity index (χ1n) is 8.36. The minimum atomic E-state index is 0.869. The largest absolute Gasteiger partial charge is 0.356 e. The van der Waals surface area contributed by atoms with Gasteiger partial charge in [0.1, 0.15) is 0 Å². The number of nitrogens with one attached hydrogen (secondary N) is 2. The number of likely N-dealkylation sites (tertiary alicyclic amines) is 1. The van der Waals surface area contributed by atoms with E-state index in [9.17, 15) is 0 Å². The van der Waals surface area contributed by atoms with Crippen molar-refractivity contribution in [3.05, 3.63) is 29.6 Å². The van der Waals surface area contributed by atoms with Crippen LogP contribution in [0, 0.1) is 6.92 Å². The van der Waals surface area contributed by atoms with Gasteiger partial charge < -0.3 is 15.5 Å². The number of pyridine rings is 1. The lowest BCUT2D eigenvalue weighted by Gasteiger charge is -2.26. The Morgan fingerprint density at radius 2 is 1.95 bits per heavy atom. The van der Waals surface area contributed by atoms with Gasteiger partial charge in [0.15, 0.2) is 5.96 Å². The molecular weight excluding hydrogens is 274 g/mol. The van der Waals surface area contributed by atoms with Gasteiger partial charge in [-0.1, -0.05) is 12.5 Å². The number of guanidine groups is 1. The first kappa shape index (κ1) is 16.7. The van der Waals surface area contributed by atoms with E-state index in [1.807, 2.05) is 20.2 Å². The number of aliphatic imine (C=N–C) groups is 1. The average Bonchev–Trinajstić information content (AvgIpc) is 2.56. The fraction of sp³-hybridized carbons (Fsp3) is 0.647. The van der Waals surface area contributed by atoms with Gasteiger partial charge in [-0.2, -0.15) is 0 Å². The molecule has 1 aliphatic heterocycles. The molecule has 5 heteroatoms. The minimum absolute atomic E-state index is 0.869. The predicted octanol–water partition coefficient (Wildman–Crippen LogP) is 1.58. The summed E-state index contributed by atoms with van der Waals surface area (Å²) in [6.45, 7) is 7.42. The molecule has 2 rings (SSSR count). The number of rotatable bonds is 6. The van der Waals surface area contributed by atoms with Gasteiger partial charge in [0, 0.05) is 38.6 Å². The van der Waals surface area contributed by atoms with Crippen molar-refractivity contribution in [3.63, 3.8) is 0 Å². The zero-order valence-corrected chi connectivity index (χ0v) is 13.9. The van der Waals surface area contributed by atoms with Gasteiger partial charge in [0.05, 0.1) is 0 Å². The van der Waals surface area contributed by atoms with E-state index in [-0.39, 0.29) is 0 Å². The summed E-state index contributed by atoms with van der Waals surface area (Å²) in [4.78, 5) is 11.1. The van der Waals surface area contributed by atoms with Crippen LogP contribution in [0.15, 0.2) is 23.3 Å². The molecule has 2 N–H and O–H groups in total. The number of hydrogen-bond donors (Lipinski definition) is 2. The molecule has 0 atom stereocenters. The van der Waals surface area contributed by atoms with Gasteiger partial charge in [-0.15, -0.1) is 0 Å². The minimum Gasteiger partial charge on any atom is -0.356 e. The SMILES string of the molecule is CN=C(NCCc1ccc(C)nc1)NCCN1CCCCC1. The van der Waals surface area contributed by atoms with E-state index in [1.165, 1.54) is 37.9 Å². The van der Waals surface area contributed by atoms with Crippen molar-refractivity contribution >= 4 is 5.96 Å². The topological polar surface area (TPSA) is 52.6 Å². The summed E-state index contributed by atoms with van der Waals surface area (Å²) in [7, 11) is 1.82. The number of nitrogens with zero attached hydrogens (tertiary/aromatic N) is 3. The Kier molecular flexibility index (Phi) is 7.16. The first-order chi connectivity index (χ1) is 10.8. The quantitative estimate of drug-likeness (QED) is 0.619.